The average Bonchev–Trinajstić information content (AvgIpc) is 2.40. The normalized spacial score (nSPS) is 20.1. The van der Waals surface area contributed by atoms with Gasteiger partial charge in [-0.2, -0.15) is 0 Å². The van der Waals surface area contributed by atoms with Crippen molar-refractivity contribution in [3.63, 3.8) is 0 Å². The fraction of sp³-hybridized carbons (Fsp3) is 0.500. The molecule has 0 bridgehead atoms. The molecule has 1 atom stereocenters. The summed E-state index contributed by atoms with van der Waals surface area (Å²) in [7, 11) is 0. The quantitative estimate of drug-likeness (QED) is 0.826. The minimum atomic E-state index is -0.986. The fourth-order valence-electron chi connectivity index (χ4n) is 2.80. The molecule has 2 rings (SSSR count). The molecule has 1 fully saturated rings. The second kappa shape index (κ2) is 6.78. The van der Waals surface area contributed by atoms with Gasteiger partial charge in [-0.05, 0) is 51.5 Å². The SMILES string of the molecule is CC1CC(C)(C)NC(=S)N1CCC(=O)Nc1ccc(F)c(F)c1. The van der Waals surface area contributed by atoms with Gasteiger partial charge in [-0.1, -0.05) is 0 Å². The molecule has 0 aromatic heterocycles. The molecule has 1 saturated heterocycles. The number of hydrogen-bond donors (Lipinski definition) is 2. The van der Waals surface area contributed by atoms with E-state index in [2.05, 4.69) is 31.4 Å². The topological polar surface area (TPSA) is 44.4 Å². The average molecular weight is 341 g/mol. The van der Waals surface area contributed by atoms with Gasteiger partial charge in [0.25, 0.3) is 0 Å². The number of benzene rings is 1. The van der Waals surface area contributed by atoms with Gasteiger partial charge in [-0.25, -0.2) is 8.78 Å². The van der Waals surface area contributed by atoms with Gasteiger partial charge in [0.05, 0.1) is 0 Å². The van der Waals surface area contributed by atoms with Gasteiger partial charge in [0, 0.05) is 36.3 Å². The van der Waals surface area contributed by atoms with Gasteiger partial charge in [0.15, 0.2) is 16.7 Å². The number of hydrogen-bond acceptors (Lipinski definition) is 2. The maximum Gasteiger partial charge on any atom is 0.226 e. The molecule has 1 unspecified atom stereocenters. The molecule has 1 aromatic rings. The molecule has 0 radical (unpaired) electrons. The number of carbonyl (C=O) groups excluding carboxylic acids is 1. The van der Waals surface area contributed by atoms with E-state index in [9.17, 15) is 13.6 Å². The first-order valence-corrected chi connectivity index (χ1v) is 7.92. The van der Waals surface area contributed by atoms with Gasteiger partial charge >= 0.3 is 0 Å². The highest BCUT2D eigenvalue weighted by Gasteiger charge is 2.32. The summed E-state index contributed by atoms with van der Waals surface area (Å²) in [5.41, 5.74) is 0.184. The zero-order valence-corrected chi connectivity index (χ0v) is 14.3. The molecule has 1 aromatic carbocycles. The van der Waals surface area contributed by atoms with Crippen molar-refractivity contribution >= 4 is 28.9 Å². The number of halogens is 2. The Balaban J connectivity index is 1.89. The summed E-state index contributed by atoms with van der Waals surface area (Å²) in [6.45, 7) is 6.71. The molecule has 2 N–H and O–H groups in total. The van der Waals surface area contributed by atoms with E-state index < -0.39 is 11.6 Å². The Bertz CT molecular complexity index is 621. The van der Waals surface area contributed by atoms with Gasteiger partial charge in [0.1, 0.15) is 0 Å². The van der Waals surface area contributed by atoms with Gasteiger partial charge in [-0.15, -0.1) is 0 Å². The molecule has 1 aliphatic rings. The van der Waals surface area contributed by atoms with Crippen molar-refractivity contribution < 1.29 is 13.6 Å². The first kappa shape index (κ1) is 17.6. The van der Waals surface area contributed by atoms with E-state index in [4.69, 9.17) is 12.2 Å². The molecule has 126 valence electrons. The van der Waals surface area contributed by atoms with Crippen molar-refractivity contribution in [2.24, 2.45) is 0 Å². The maximum atomic E-state index is 13.1. The zero-order valence-electron chi connectivity index (χ0n) is 13.5. The van der Waals surface area contributed by atoms with Crippen LogP contribution in [0.3, 0.4) is 0 Å². The van der Waals surface area contributed by atoms with Gasteiger partial charge < -0.3 is 15.5 Å². The Hall–Kier alpha value is -1.76. The Morgan fingerprint density at radius 1 is 1.43 bits per heavy atom. The van der Waals surface area contributed by atoms with E-state index in [1.54, 1.807) is 0 Å². The number of amides is 1. The third-order valence-electron chi connectivity index (χ3n) is 3.83. The summed E-state index contributed by atoms with van der Waals surface area (Å²) >= 11 is 5.36. The molecule has 4 nitrogen and oxygen atoms in total. The summed E-state index contributed by atoms with van der Waals surface area (Å²) in [6, 6.07) is 3.51. The molecule has 1 heterocycles. The Labute approximate surface area is 140 Å². The third kappa shape index (κ3) is 4.60. The monoisotopic (exact) mass is 341 g/mol. The molecule has 0 saturated carbocycles. The molecule has 1 aliphatic heterocycles. The van der Waals surface area contributed by atoms with Crippen LogP contribution in [0.15, 0.2) is 18.2 Å². The van der Waals surface area contributed by atoms with E-state index in [-0.39, 0.29) is 29.6 Å². The van der Waals surface area contributed by atoms with Crippen molar-refractivity contribution in [3.05, 3.63) is 29.8 Å². The lowest BCUT2D eigenvalue weighted by Crippen LogP contribution is -2.60. The zero-order chi connectivity index (χ0) is 17.2. The van der Waals surface area contributed by atoms with E-state index in [0.29, 0.717) is 11.7 Å². The van der Waals surface area contributed by atoms with Crippen LogP contribution in [0, 0.1) is 11.6 Å². The summed E-state index contributed by atoms with van der Waals surface area (Å²) < 4.78 is 26.0. The summed E-state index contributed by atoms with van der Waals surface area (Å²) in [5.74, 6) is -2.19. The fourth-order valence-corrected chi connectivity index (χ4v) is 3.35. The number of nitrogens with zero attached hydrogens (tertiary/aromatic N) is 1. The van der Waals surface area contributed by atoms with Crippen LogP contribution in [0.5, 0.6) is 0 Å². The lowest BCUT2D eigenvalue weighted by Gasteiger charge is -2.44. The predicted molar refractivity (Wildman–Crippen MR) is 90.2 cm³/mol. The van der Waals surface area contributed by atoms with E-state index >= 15 is 0 Å². The molecule has 1 amide bonds. The third-order valence-corrected chi connectivity index (χ3v) is 4.16. The summed E-state index contributed by atoms with van der Waals surface area (Å²) in [4.78, 5) is 14.0. The number of anilines is 1. The molecule has 0 aliphatic carbocycles. The minimum Gasteiger partial charge on any atom is -0.358 e. The highest BCUT2D eigenvalue weighted by Crippen LogP contribution is 2.22. The summed E-state index contributed by atoms with van der Waals surface area (Å²) in [6.07, 6.45) is 1.13. The Morgan fingerprint density at radius 3 is 2.74 bits per heavy atom. The van der Waals surface area contributed by atoms with Gasteiger partial charge in [-0.3, -0.25) is 4.79 Å². The number of carbonyl (C=O) groups is 1. The van der Waals surface area contributed by atoms with E-state index in [1.807, 2.05) is 4.90 Å². The predicted octanol–water partition coefficient (Wildman–Crippen LogP) is 3.04. The Morgan fingerprint density at radius 2 is 2.13 bits per heavy atom. The standard InChI is InChI=1S/C16H21F2N3OS/c1-10-9-16(2,3)20-15(23)21(10)7-6-14(22)19-11-4-5-12(17)13(18)8-11/h4-5,8,10H,6-7,9H2,1-3H3,(H,19,22)(H,20,23). The van der Waals surface area contributed by atoms with Crippen LogP contribution in [-0.2, 0) is 4.79 Å². The molecule has 23 heavy (non-hydrogen) atoms. The summed E-state index contributed by atoms with van der Waals surface area (Å²) in [5, 5.41) is 6.45. The molecule has 7 heteroatoms. The molecular formula is C16H21F2N3OS. The van der Waals surface area contributed by atoms with Crippen molar-refractivity contribution in [1.82, 2.24) is 10.2 Å². The lowest BCUT2D eigenvalue weighted by molar-refractivity contribution is -0.116. The highest BCUT2D eigenvalue weighted by molar-refractivity contribution is 7.80. The molecule has 0 spiro atoms. The molecular weight excluding hydrogens is 320 g/mol. The van der Waals surface area contributed by atoms with Crippen molar-refractivity contribution in [1.29, 1.82) is 0 Å². The van der Waals surface area contributed by atoms with Crippen LogP contribution in [0.1, 0.15) is 33.6 Å². The first-order valence-electron chi connectivity index (χ1n) is 7.51. The number of nitrogens with one attached hydrogen (secondary N) is 2. The van der Waals surface area contributed by atoms with E-state index in [0.717, 1.165) is 18.6 Å². The van der Waals surface area contributed by atoms with Crippen LogP contribution >= 0.6 is 12.2 Å². The maximum absolute atomic E-state index is 13.1. The van der Waals surface area contributed by atoms with Crippen LogP contribution < -0.4 is 10.6 Å². The first-order chi connectivity index (χ1) is 10.7. The Kier molecular flexibility index (Phi) is 5.19. The largest absolute Gasteiger partial charge is 0.358 e. The van der Waals surface area contributed by atoms with E-state index in [1.165, 1.54) is 6.07 Å². The minimum absolute atomic E-state index is 0.0547. The second-order valence-electron chi connectivity index (χ2n) is 6.49. The van der Waals surface area contributed by atoms with Crippen LogP contribution in [-0.4, -0.2) is 34.0 Å². The van der Waals surface area contributed by atoms with Crippen LogP contribution in [0.2, 0.25) is 0 Å². The van der Waals surface area contributed by atoms with Crippen LogP contribution in [0.25, 0.3) is 0 Å². The number of rotatable bonds is 4. The van der Waals surface area contributed by atoms with Crippen molar-refractivity contribution in [2.45, 2.75) is 45.2 Å². The lowest BCUT2D eigenvalue weighted by atomic mass is 9.93. The van der Waals surface area contributed by atoms with Crippen LogP contribution in [0.4, 0.5) is 14.5 Å². The van der Waals surface area contributed by atoms with Crippen molar-refractivity contribution in [3.8, 4) is 0 Å². The highest BCUT2D eigenvalue weighted by atomic mass is 32.1. The smallest absolute Gasteiger partial charge is 0.226 e. The van der Waals surface area contributed by atoms with Crippen molar-refractivity contribution in [2.75, 3.05) is 11.9 Å². The van der Waals surface area contributed by atoms with Gasteiger partial charge in [0.2, 0.25) is 5.91 Å². The number of thiocarbonyl (C=S) groups is 1. The second-order valence-corrected chi connectivity index (χ2v) is 6.87.